The number of hydrogen-bond donors (Lipinski definition) is 2. The molecule has 0 saturated carbocycles. The van der Waals surface area contributed by atoms with E-state index in [9.17, 15) is 19.5 Å². The summed E-state index contributed by atoms with van der Waals surface area (Å²) in [6, 6.07) is 7.56. The number of ketones is 1. The molecule has 118 valence electrons. The van der Waals surface area contributed by atoms with Crippen LogP contribution in [0.3, 0.4) is 0 Å². The Bertz CT molecular complexity index is 553. The number of ether oxygens (including phenoxy) is 1. The fourth-order valence-corrected chi connectivity index (χ4v) is 1.67. The number of aliphatic hydroxyl groups excluding tert-OH is 1. The summed E-state index contributed by atoms with van der Waals surface area (Å²) in [5, 5.41) is 11.9. The molecule has 0 aliphatic heterocycles. The van der Waals surface area contributed by atoms with Gasteiger partial charge in [-0.25, -0.2) is 4.79 Å². The fraction of sp³-hybridized carbons (Fsp3) is 0.312. The SMILES string of the molecule is COC(=O)[C@H](CC=CC(O)C(C)=O)NC(=O)c1ccccc1. The minimum Gasteiger partial charge on any atom is -0.467 e. The summed E-state index contributed by atoms with van der Waals surface area (Å²) in [6.45, 7) is 1.25. The van der Waals surface area contributed by atoms with E-state index in [0.29, 0.717) is 5.56 Å². The first-order valence-electron chi connectivity index (χ1n) is 6.74. The summed E-state index contributed by atoms with van der Waals surface area (Å²) in [7, 11) is 1.22. The topological polar surface area (TPSA) is 92.7 Å². The van der Waals surface area contributed by atoms with E-state index in [4.69, 9.17) is 0 Å². The summed E-state index contributed by atoms with van der Waals surface area (Å²) in [6.07, 6.45) is 1.62. The molecule has 0 fully saturated rings. The van der Waals surface area contributed by atoms with Crippen LogP contribution in [0.15, 0.2) is 42.5 Å². The standard InChI is InChI=1S/C16H19NO5/c1-11(18)14(19)10-6-9-13(16(21)22-2)17-15(20)12-7-4-3-5-8-12/h3-8,10,13-14,19H,9H2,1-2H3,(H,17,20)/t13-,14?/m0/s1. The van der Waals surface area contributed by atoms with E-state index < -0.39 is 29.8 Å². The molecule has 0 radical (unpaired) electrons. The van der Waals surface area contributed by atoms with Gasteiger partial charge in [-0.2, -0.15) is 0 Å². The first kappa shape index (κ1) is 17.6. The highest BCUT2D eigenvalue weighted by Crippen LogP contribution is 2.03. The zero-order valence-corrected chi connectivity index (χ0v) is 12.5. The maximum absolute atomic E-state index is 12.0. The molecule has 0 aromatic heterocycles. The Hall–Kier alpha value is -2.47. The molecule has 1 amide bonds. The molecule has 0 spiro atoms. The highest BCUT2D eigenvalue weighted by atomic mass is 16.5. The number of hydrogen-bond acceptors (Lipinski definition) is 5. The molecular formula is C16H19NO5. The third kappa shape index (κ3) is 5.49. The molecule has 0 bridgehead atoms. The van der Waals surface area contributed by atoms with Gasteiger partial charge in [-0.05, 0) is 25.5 Å². The van der Waals surface area contributed by atoms with Crippen LogP contribution in [-0.4, -0.2) is 42.0 Å². The molecule has 0 saturated heterocycles. The van der Waals surface area contributed by atoms with Gasteiger partial charge in [-0.15, -0.1) is 0 Å². The van der Waals surface area contributed by atoms with Crippen LogP contribution in [0.5, 0.6) is 0 Å². The second-order valence-corrected chi connectivity index (χ2v) is 4.63. The Kier molecular flexibility index (Phi) is 6.98. The smallest absolute Gasteiger partial charge is 0.328 e. The Morgan fingerprint density at radius 2 is 1.91 bits per heavy atom. The lowest BCUT2D eigenvalue weighted by Crippen LogP contribution is -2.41. The normalized spacial score (nSPS) is 13.4. The molecule has 0 aliphatic carbocycles. The van der Waals surface area contributed by atoms with E-state index in [1.54, 1.807) is 30.3 Å². The zero-order chi connectivity index (χ0) is 16.5. The largest absolute Gasteiger partial charge is 0.467 e. The maximum atomic E-state index is 12.0. The third-order valence-electron chi connectivity index (χ3n) is 2.93. The van der Waals surface area contributed by atoms with Crippen molar-refractivity contribution in [1.29, 1.82) is 0 Å². The van der Waals surface area contributed by atoms with Crippen LogP contribution in [0.1, 0.15) is 23.7 Å². The van der Waals surface area contributed by atoms with Crippen LogP contribution in [0.4, 0.5) is 0 Å². The zero-order valence-electron chi connectivity index (χ0n) is 12.5. The fourth-order valence-electron chi connectivity index (χ4n) is 1.67. The molecule has 0 heterocycles. The minimum absolute atomic E-state index is 0.107. The number of nitrogens with one attached hydrogen (secondary N) is 1. The van der Waals surface area contributed by atoms with E-state index in [2.05, 4.69) is 10.1 Å². The molecule has 6 nitrogen and oxygen atoms in total. The number of methoxy groups -OCH3 is 1. The number of Topliss-reactive ketones (excluding diaryl/α,β-unsaturated/α-hetero) is 1. The summed E-state index contributed by atoms with van der Waals surface area (Å²) in [4.78, 5) is 34.6. The van der Waals surface area contributed by atoms with Crippen LogP contribution in [0.25, 0.3) is 0 Å². The third-order valence-corrected chi connectivity index (χ3v) is 2.93. The second-order valence-electron chi connectivity index (χ2n) is 4.63. The van der Waals surface area contributed by atoms with Crippen molar-refractivity contribution in [2.75, 3.05) is 7.11 Å². The molecular weight excluding hydrogens is 286 g/mol. The summed E-state index contributed by atoms with van der Waals surface area (Å²) in [5.74, 6) is -1.41. The first-order valence-corrected chi connectivity index (χ1v) is 6.74. The molecule has 0 aliphatic rings. The van der Waals surface area contributed by atoms with Crippen LogP contribution >= 0.6 is 0 Å². The van der Waals surface area contributed by atoms with Crippen molar-refractivity contribution >= 4 is 17.7 Å². The van der Waals surface area contributed by atoms with Gasteiger partial charge in [0.2, 0.25) is 0 Å². The Morgan fingerprint density at radius 3 is 2.45 bits per heavy atom. The number of carbonyl (C=O) groups is 3. The molecule has 1 aromatic carbocycles. The van der Waals surface area contributed by atoms with E-state index in [1.165, 1.54) is 26.2 Å². The van der Waals surface area contributed by atoms with Gasteiger partial charge in [0.15, 0.2) is 5.78 Å². The number of rotatable bonds is 7. The number of carbonyl (C=O) groups excluding carboxylic acids is 3. The van der Waals surface area contributed by atoms with Gasteiger partial charge < -0.3 is 15.2 Å². The van der Waals surface area contributed by atoms with Crippen molar-refractivity contribution in [2.24, 2.45) is 0 Å². The molecule has 2 N–H and O–H groups in total. The van der Waals surface area contributed by atoms with Crippen molar-refractivity contribution in [2.45, 2.75) is 25.5 Å². The van der Waals surface area contributed by atoms with Gasteiger partial charge in [0, 0.05) is 5.56 Å². The molecule has 2 atom stereocenters. The van der Waals surface area contributed by atoms with Crippen LogP contribution in [0.2, 0.25) is 0 Å². The predicted molar refractivity (Wildman–Crippen MR) is 80.2 cm³/mol. The van der Waals surface area contributed by atoms with Crippen LogP contribution in [0, 0.1) is 0 Å². The Balaban J connectivity index is 2.71. The molecule has 1 unspecified atom stereocenters. The van der Waals surface area contributed by atoms with Gasteiger partial charge >= 0.3 is 5.97 Å². The van der Waals surface area contributed by atoms with E-state index in [0.717, 1.165) is 0 Å². The average Bonchev–Trinajstić information content (AvgIpc) is 2.53. The van der Waals surface area contributed by atoms with Crippen molar-refractivity contribution in [3.05, 3.63) is 48.0 Å². The quantitative estimate of drug-likeness (QED) is 0.575. The molecule has 6 heteroatoms. The highest BCUT2D eigenvalue weighted by molar-refractivity contribution is 5.96. The molecule has 1 rings (SSSR count). The van der Waals surface area contributed by atoms with Crippen LogP contribution < -0.4 is 5.32 Å². The summed E-state index contributed by atoms with van der Waals surface area (Å²) < 4.78 is 4.64. The van der Waals surface area contributed by atoms with Crippen molar-refractivity contribution < 1.29 is 24.2 Å². The first-order chi connectivity index (χ1) is 10.5. The van der Waals surface area contributed by atoms with E-state index in [1.807, 2.05) is 0 Å². The Morgan fingerprint density at radius 1 is 1.27 bits per heavy atom. The van der Waals surface area contributed by atoms with Gasteiger partial charge in [-0.3, -0.25) is 9.59 Å². The lowest BCUT2D eigenvalue weighted by molar-refractivity contribution is -0.142. The molecule has 1 aromatic rings. The maximum Gasteiger partial charge on any atom is 0.328 e. The van der Waals surface area contributed by atoms with Gasteiger partial charge in [0.1, 0.15) is 12.1 Å². The van der Waals surface area contributed by atoms with Gasteiger partial charge in [0.05, 0.1) is 7.11 Å². The van der Waals surface area contributed by atoms with E-state index in [-0.39, 0.29) is 6.42 Å². The monoisotopic (exact) mass is 305 g/mol. The number of amides is 1. The second kappa shape index (κ2) is 8.74. The number of aliphatic hydroxyl groups is 1. The number of esters is 1. The lowest BCUT2D eigenvalue weighted by Gasteiger charge is -2.15. The summed E-state index contributed by atoms with van der Waals surface area (Å²) in [5.41, 5.74) is 0.421. The van der Waals surface area contributed by atoms with E-state index >= 15 is 0 Å². The lowest BCUT2D eigenvalue weighted by atomic mass is 10.1. The minimum atomic E-state index is -1.22. The molecule has 22 heavy (non-hydrogen) atoms. The predicted octanol–water partition coefficient (Wildman–Crippen LogP) is 0.854. The van der Waals surface area contributed by atoms with Crippen molar-refractivity contribution in [3.63, 3.8) is 0 Å². The average molecular weight is 305 g/mol. The van der Waals surface area contributed by atoms with Crippen molar-refractivity contribution in [3.8, 4) is 0 Å². The van der Waals surface area contributed by atoms with Crippen molar-refractivity contribution in [1.82, 2.24) is 5.32 Å². The van der Waals surface area contributed by atoms with Gasteiger partial charge in [-0.1, -0.05) is 30.4 Å². The Labute approximate surface area is 128 Å². The van der Waals surface area contributed by atoms with Gasteiger partial charge in [0.25, 0.3) is 5.91 Å². The van der Waals surface area contributed by atoms with Crippen LogP contribution in [-0.2, 0) is 14.3 Å². The summed E-state index contributed by atoms with van der Waals surface area (Å²) >= 11 is 0. The highest BCUT2D eigenvalue weighted by Gasteiger charge is 2.21. The number of benzene rings is 1.